The maximum Gasteiger partial charge on any atom is 0.197 e. The average Bonchev–Trinajstić information content (AvgIpc) is 2.73. The van der Waals surface area contributed by atoms with E-state index >= 15 is 0 Å². The second-order valence-electron chi connectivity index (χ2n) is 7.67. The van der Waals surface area contributed by atoms with E-state index in [1.807, 2.05) is 0 Å². The second-order valence-corrected chi connectivity index (χ2v) is 7.67. The van der Waals surface area contributed by atoms with Gasteiger partial charge in [-0.3, -0.25) is 4.79 Å². The fraction of sp³-hybridized carbons (Fsp3) is 0.318. The predicted octanol–water partition coefficient (Wildman–Crippen LogP) is 1.37. The minimum Gasteiger partial charge on any atom is -0.508 e. The van der Waals surface area contributed by atoms with Gasteiger partial charge in [-0.1, -0.05) is 6.92 Å². The van der Waals surface area contributed by atoms with E-state index in [-0.39, 0.29) is 28.0 Å². The van der Waals surface area contributed by atoms with Gasteiger partial charge in [-0.25, -0.2) is 0 Å². The number of fused-ring (bicyclic) bond motifs is 1. The van der Waals surface area contributed by atoms with Gasteiger partial charge in [0.25, 0.3) is 0 Å². The third-order valence-electron chi connectivity index (χ3n) is 5.72. The first-order valence-electron chi connectivity index (χ1n) is 9.67. The Bertz CT molecular complexity index is 1170. The van der Waals surface area contributed by atoms with E-state index in [2.05, 4.69) is 0 Å². The van der Waals surface area contributed by atoms with Crippen LogP contribution in [0, 0.1) is 5.92 Å². The molecule has 1 aliphatic heterocycles. The van der Waals surface area contributed by atoms with Gasteiger partial charge in [-0.15, -0.1) is 0 Å². The largest absolute Gasteiger partial charge is 0.508 e. The summed E-state index contributed by atoms with van der Waals surface area (Å²) in [5.41, 5.74) is -0.531. The molecule has 2 heterocycles. The first-order valence-corrected chi connectivity index (χ1v) is 9.67. The highest BCUT2D eigenvalue weighted by Crippen LogP contribution is 2.44. The summed E-state index contributed by atoms with van der Waals surface area (Å²) in [7, 11) is 0. The van der Waals surface area contributed by atoms with Gasteiger partial charge in [0.15, 0.2) is 11.0 Å². The van der Waals surface area contributed by atoms with Gasteiger partial charge in [0.1, 0.15) is 40.6 Å². The molecule has 0 aliphatic carbocycles. The van der Waals surface area contributed by atoms with Crippen molar-refractivity contribution >= 4 is 11.0 Å². The van der Waals surface area contributed by atoms with Crippen molar-refractivity contribution in [2.24, 2.45) is 5.92 Å². The van der Waals surface area contributed by atoms with Crippen molar-refractivity contribution < 1.29 is 39.8 Å². The third kappa shape index (κ3) is 3.51. The number of hydrogen-bond acceptors (Lipinski definition) is 9. The Morgan fingerprint density at radius 1 is 0.968 bits per heavy atom. The van der Waals surface area contributed by atoms with Gasteiger partial charge < -0.3 is 39.8 Å². The molecule has 3 aromatic rings. The molecule has 0 bridgehead atoms. The Morgan fingerprint density at radius 3 is 2.29 bits per heavy atom. The summed E-state index contributed by atoms with van der Waals surface area (Å²) in [6.45, 7) is 1.16. The fourth-order valence-corrected chi connectivity index (χ4v) is 3.92. The lowest BCUT2D eigenvalue weighted by molar-refractivity contribution is -0.207. The summed E-state index contributed by atoms with van der Waals surface area (Å²) in [5, 5.41) is 60.8. The fourth-order valence-electron chi connectivity index (χ4n) is 3.92. The van der Waals surface area contributed by atoms with Crippen molar-refractivity contribution in [2.75, 3.05) is 6.61 Å². The molecule has 9 nitrogen and oxygen atoms in total. The lowest BCUT2D eigenvalue weighted by Gasteiger charge is -2.41. The van der Waals surface area contributed by atoms with Crippen molar-refractivity contribution in [3.8, 4) is 28.6 Å². The first-order chi connectivity index (χ1) is 14.7. The SMILES string of the molecule is CC1C(CO)OC(c2c(O)cc(O)c3c(=O)cc(-c4ccc(O)cc4)oc23)C(O)C1O. The van der Waals surface area contributed by atoms with Gasteiger partial charge in [0, 0.05) is 23.6 Å². The van der Waals surface area contributed by atoms with Gasteiger partial charge >= 0.3 is 0 Å². The van der Waals surface area contributed by atoms with Gasteiger partial charge in [-0.2, -0.15) is 0 Å². The molecule has 5 atom stereocenters. The lowest BCUT2D eigenvalue weighted by atomic mass is 9.85. The minimum absolute atomic E-state index is 0.0137. The molecule has 4 rings (SSSR count). The third-order valence-corrected chi connectivity index (χ3v) is 5.72. The Morgan fingerprint density at radius 2 is 1.65 bits per heavy atom. The summed E-state index contributed by atoms with van der Waals surface area (Å²) in [4.78, 5) is 12.8. The van der Waals surface area contributed by atoms with Gasteiger partial charge in [-0.05, 0) is 24.3 Å². The van der Waals surface area contributed by atoms with Crippen LogP contribution in [-0.2, 0) is 4.74 Å². The zero-order valence-electron chi connectivity index (χ0n) is 16.5. The molecule has 0 amide bonds. The molecule has 0 spiro atoms. The van der Waals surface area contributed by atoms with E-state index in [0.717, 1.165) is 12.1 Å². The van der Waals surface area contributed by atoms with Crippen molar-refractivity contribution in [3.05, 3.63) is 52.2 Å². The minimum atomic E-state index is -1.50. The number of phenols is 3. The van der Waals surface area contributed by atoms with E-state index in [1.165, 1.54) is 24.3 Å². The van der Waals surface area contributed by atoms with Crippen LogP contribution in [0.3, 0.4) is 0 Å². The van der Waals surface area contributed by atoms with E-state index in [4.69, 9.17) is 9.15 Å². The smallest absolute Gasteiger partial charge is 0.197 e. The summed E-state index contributed by atoms with van der Waals surface area (Å²) in [6, 6.07) is 7.92. The number of aromatic hydroxyl groups is 3. The van der Waals surface area contributed by atoms with Crippen LogP contribution in [0.2, 0.25) is 0 Å². The molecule has 2 aromatic carbocycles. The van der Waals surface area contributed by atoms with Crippen molar-refractivity contribution in [1.29, 1.82) is 0 Å². The molecule has 5 unspecified atom stereocenters. The summed E-state index contributed by atoms with van der Waals surface area (Å²) < 4.78 is 11.6. The number of benzene rings is 2. The molecular formula is C22H22O9. The molecule has 1 aliphatic rings. The number of phenolic OH excluding ortho intramolecular Hbond substituents is 3. The standard InChI is InChI=1S/C22H22O9/c1-9-16(8-23)31-22(20(29)19(9)28)18-13(26)6-12(25)17-14(27)7-15(30-21(17)18)10-2-4-11(24)5-3-10/h2-7,9,16,19-20,22-26,28-29H,8H2,1H3. The van der Waals surface area contributed by atoms with Gasteiger partial charge in [0.05, 0.1) is 24.4 Å². The summed E-state index contributed by atoms with van der Waals surface area (Å²) in [6.07, 6.45) is -4.98. The molecule has 0 radical (unpaired) electrons. The normalized spacial score (nSPS) is 26.3. The average molecular weight is 430 g/mol. The molecule has 1 saturated heterocycles. The Balaban J connectivity index is 1.96. The zero-order valence-corrected chi connectivity index (χ0v) is 16.5. The monoisotopic (exact) mass is 430 g/mol. The van der Waals surface area contributed by atoms with E-state index in [1.54, 1.807) is 6.92 Å². The molecule has 1 fully saturated rings. The number of aliphatic hydroxyl groups excluding tert-OH is 3. The number of aliphatic hydroxyl groups is 3. The van der Waals surface area contributed by atoms with Crippen molar-refractivity contribution in [3.63, 3.8) is 0 Å². The topological polar surface area (TPSA) is 161 Å². The molecule has 0 saturated carbocycles. The number of rotatable bonds is 3. The molecule has 6 N–H and O–H groups in total. The van der Waals surface area contributed by atoms with E-state index in [9.17, 15) is 35.4 Å². The van der Waals surface area contributed by atoms with E-state index in [0.29, 0.717) is 5.56 Å². The highest BCUT2D eigenvalue weighted by atomic mass is 16.5. The van der Waals surface area contributed by atoms with Crippen molar-refractivity contribution in [1.82, 2.24) is 0 Å². The van der Waals surface area contributed by atoms with Crippen LogP contribution in [0.15, 0.2) is 45.6 Å². The summed E-state index contributed by atoms with van der Waals surface area (Å²) in [5.74, 6) is -1.54. The Labute approximate surface area is 176 Å². The van der Waals surface area contributed by atoms with Crippen LogP contribution in [0.25, 0.3) is 22.3 Å². The maximum atomic E-state index is 12.8. The molecular weight excluding hydrogens is 408 g/mol. The van der Waals surface area contributed by atoms with Crippen LogP contribution in [-0.4, -0.2) is 55.6 Å². The van der Waals surface area contributed by atoms with Crippen LogP contribution >= 0.6 is 0 Å². The number of hydrogen-bond donors (Lipinski definition) is 6. The van der Waals surface area contributed by atoms with Crippen LogP contribution < -0.4 is 5.43 Å². The van der Waals surface area contributed by atoms with Gasteiger partial charge in [0.2, 0.25) is 0 Å². The van der Waals surface area contributed by atoms with E-state index < -0.39 is 53.9 Å². The Kier molecular flexibility index (Phi) is 5.36. The molecule has 164 valence electrons. The quantitative estimate of drug-likeness (QED) is 0.360. The predicted molar refractivity (Wildman–Crippen MR) is 109 cm³/mol. The van der Waals surface area contributed by atoms with Crippen LogP contribution in [0.1, 0.15) is 18.6 Å². The van der Waals surface area contributed by atoms with Crippen molar-refractivity contribution in [2.45, 2.75) is 31.3 Å². The maximum absolute atomic E-state index is 12.8. The molecule has 9 heteroatoms. The highest BCUT2D eigenvalue weighted by molar-refractivity contribution is 5.89. The lowest BCUT2D eigenvalue weighted by Crippen LogP contribution is -2.50. The molecule has 1 aromatic heterocycles. The highest BCUT2D eigenvalue weighted by Gasteiger charge is 2.44. The Hall–Kier alpha value is -3.11. The first kappa shape index (κ1) is 21.1. The number of ether oxygens (including phenoxy) is 1. The van der Waals surface area contributed by atoms with Crippen LogP contribution in [0.4, 0.5) is 0 Å². The summed E-state index contributed by atoms with van der Waals surface area (Å²) >= 11 is 0. The zero-order chi connectivity index (χ0) is 22.4. The van der Waals surface area contributed by atoms with Crippen LogP contribution in [0.5, 0.6) is 17.2 Å². The second kappa shape index (κ2) is 7.86. The molecule has 31 heavy (non-hydrogen) atoms.